The molecule has 5 heteroatoms. The van der Waals surface area contributed by atoms with E-state index in [-0.39, 0.29) is 11.8 Å². The highest BCUT2D eigenvalue weighted by molar-refractivity contribution is 5.89. The third-order valence-electron chi connectivity index (χ3n) is 3.39. The summed E-state index contributed by atoms with van der Waals surface area (Å²) < 4.78 is 5.23. The predicted molar refractivity (Wildman–Crippen MR) is 76.8 cm³/mol. The monoisotopic (exact) mass is 278 g/mol. The zero-order valence-electron chi connectivity index (χ0n) is 12.1. The van der Waals surface area contributed by atoms with Crippen LogP contribution in [0.3, 0.4) is 0 Å². The summed E-state index contributed by atoms with van der Waals surface area (Å²) in [5.41, 5.74) is 6.08. The van der Waals surface area contributed by atoms with Gasteiger partial charge in [0.15, 0.2) is 6.10 Å². The molecular weight excluding hydrogens is 256 g/mol. The second-order valence-corrected chi connectivity index (χ2v) is 4.80. The van der Waals surface area contributed by atoms with E-state index in [4.69, 9.17) is 10.5 Å². The van der Waals surface area contributed by atoms with E-state index < -0.39 is 18.1 Å². The summed E-state index contributed by atoms with van der Waals surface area (Å²) >= 11 is 0. The molecule has 0 radical (unpaired) electrons. The quantitative estimate of drug-likeness (QED) is 0.790. The standard InChI is InChI=1S/C15H22N2O3/c1-4-10(2)12(14(16)18)17-15(19)13(20-3)11-8-6-5-7-9-11/h5-10,12-13H,4H2,1-3H3,(H2,16,18)(H,17,19)/t10-,12-,13-/m0/s1. The molecule has 0 aliphatic rings. The summed E-state index contributed by atoms with van der Waals surface area (Å²) in [5, 5.41) is 2.68. The molecule has 0 aromatic heterocycles. The van der Waals surface area contributed by atoms with E-state index in [2.05, 4.69) is 5.32 Å². The van der Waals surface area contributed by atoms with E-state index in [1.807, 2.05) is 32.0 Å². The first-order valence-electron chi connectivity index (χ1n) is 6.68. The number of carbonyl (C=O) groups is 2. The molecule has 110 valence electrons. The number of hydrogen-bond donors (Lipinski definition) is 2. The Balaban J connectivity index is 2.84. The highest BCUT2D eigenvalue weighted by Gasteiger charge is 2.28. The van der Waals surface area contributed by atoms with Gasteiger partial charge in [0.2, 0.25) is 5.91 Å². The number of methoxy groups -OCH3 is 1. The van der Waals surface area contributed by atoms with Crippen molar-refractivity contribution in [3.8, 4) is 0 Å². The molecule has 3 atom stereocenters. The Hall–Kier alpha value is -1.88. The minimum absolute atomic E-state index is 0.0234. The van der Waals surface area contributed by atoms with Crippen LogP contribution in [0.15, 0.2) is 30.3 Å². The Morgan fingerprint density at radius 2 is 1.90 bits per heavy atom. The highest BCUT2D eigenvalue weighted by Crippen LogP contribution is 2.17. The van der Waals surface area contributed by atoms with E-state index in [0.29, 0.717) is 0 Å². The van der Waals surface area contributed by atoms with E-state index in [9.17, 15) is 9.59 Å². The topological polar surface area (TPSA) is 81.4 Å². The van der Waals surface area contributed by atoms with Gasteiger partial charge in [-0.25, -0.2) is 0 Å². The molecule has 0 spiro atoms. The summed E-state index contributed by atoms with van der Waals surface area (Å²) in [4.78, 5) is 23.7. The lowest BCUT2D eigenvalue weighted by Gasteiger charge is -2.24. The molecule has 0 unspecified atom stereocenters. The molecule has 0 fully saturated rings. The first-order valence-corrected chi connectivity index (χ1v) is 6.68. The van der Waals surface area contributed by atoms with Gasteiger partial charge >= 0.3 is 0 Å². The fraction of sp³-hybridized carbons (Fsp3) is 0.467. The number of ether oxygens (including phenoxy) is 1. The smallest absolute Gasteiger partial charge is 0.254 e. The van der Waals surface area contributed by atoms with Gasteiger partial charge in [-0.05, 0) is 11.5 Å². The van der Waals surface area contributed by atoms with Crippen LogP contribution in [-0.2, 0) is 14.3 Å². The van der Waals surface area contributed by atoms with Gasteiger partial charge in [0.25, 0.3) is 5.91 Å². The van der Waals surface area contributed by atoms with Crippen LogP contribution in [0.25, 0.3) is 0 Å². The Morgan fingerprint density at radius 1 is 1.30 bits per heavy atom. The van der Waals surface area contributed by atoms with Gasteiger partial charge in [0.1, 0.15) is 6.04 Å². The van der Waals surface area contributed by atoms with Crippen molar-refractivity contribution >= 4 is 11.8 Å². The molecule has 0 aliphatic carbocycles. The average molecular weight is 278 g/mol. The van der Waals surface area contributed by atoms with Gasteiger partial charge in [-0.3, -0.25) is 9.59 Å². The van der Waals surface area contributed by atoms with Crippen molar-refractivity contribution < 1.29 is 14.3 Å². The third-order valence-corrected chi connectivity index (χ3v) is 3.39. The normalized spacial score (nSPS) is 15.2. The van der Waals surface area contributed by atoms with Gasteiger partial charge in [-0.1, -0.05) is 50.6 Å². The van der Waals surface area contributed by atoms with Crippen LogP contribution in [0.2, 0.25) is 0 Å². The molecule has 1 rings (SSSR count). The number of hydrogen-bond acceptors (Lipinski definition) is 3. The zero-order valence-corrected chi connectivity index (χ0v) is 12.1. The maximum absolute atomic E-state index is 12.3. The average Bonchev–Trinajstić information content (AvgIpc) is 2.45. The lowest BCUT2D eigenvalue weighted by Crippen LogP contribution is -2.49. The second-order valence-electron chi connectivity index (χ2n) is 4.80. The third kappa shape index (κ3) is 4.06. The van der Waals surface area contributed by atoms with Crippen LogP contribution in [0.1, 0.15) is 31.9 Å². The van der Waals surface area contributed by atoms with Crippen LogP contribution in [0, 0.1) is 5.92 Å². The molecule has 0 bridgehead atoms. The maximum atomic E-state index is 12.3. The van der Waals surface area contributed by atoms with Crippen molar-refractivity contribution in [3.05, 3.63) is 35.9 Å². The first-order chi connectivity index (χ1) is 9.51. The number of nitrogens with two attached hydrogens (primary N) is 1. The summed E-state index contributed by atoms with van der Waals surface area (Å²) in [6, 6.07) is 8.43. The lowest BCUT2D eigenvalue weighted by molar-refractivity contribution is -0.135. The van der Waals surface area contributed by atoms with Gasteiger partial charge in [0, 0.05) is 7.11 Å². The first kappa shape index (κ1) is 16.2. The minimum Gasteiger partial charge on any atom is -0.368 e. The van der Waals surface area contributed by atoms with Crippen molar-refractivity contribution in [1.29, 1.82) is 0 Å². The largest absolute Gasteiger partial charge is 0.368 e. The molecule has 3 N–H and O–H groups in total. The number of nitrogens with one attached hydrogen (secondary N) is 1. The highest BCUT2D eigenvalue weighted by atomic mass is 16.5. The summed E-state index contributed by atoms with van der Waals surface area (Å²) in [6.45, 7) is 3.82. The molecule has 20 heavy (non-hydrogen) atoms. The van der Waals surface area contributed by atoms with Gasteiger partial charge in [0.05, 0.1) is 0 Å². The Kier molecular flexibility index (Phi) is 6.18. The van der Waals surface area contributed by atoms with Crippen molar-refractivity contribution in [2.24, 2.45) is 11.7 Å². The van der Waals surface area contributed by atoms with Crippen LogP contribution in [-0.4, -0.2) is 25.0 Å². The van der Waals surface area contributed by atoms with Crippen molar-refractivity contribution in [1.82, 2.24) is 5.32 Å². The number of benzene rings is 1. The molecule has 0 aliphatic heterocycles. The lowest BCUT2D eigenvalue weighted by atomic mass is 9.98. The van der Waals surface area contributed by atoms with Crippen molar-refractivity contribution in [2.45, 2.75) is 32.4 Å². The van der Waals surface area contributed by atoms with Crippen LogP contribution >= 0.6 is 0 Å². The van der Waals surface area contributed by atoms with Crippen LogP contribution < -0.4 is 11.1 Å². The van der Waals surface area contributed by atoms with Crippen molar-refractivity contribution in [2.75, 3.05) is 7.11 Å². The Morgan fingerprint density at radius 3 is 2.35 bits per heavy atom. The van der Waals surface area contributed by atoms with Gasteiger partial charge in [-0.2, -0.15) is 0 Å². The minimum atomic E-state index is -0.748. The maximum Gasteiger partial charge on any atom is 0.254 e. The van der Waals surface area contributed by atoms with Gasteiger partial charge < -0.3 is 15.8 Å². The predicted octanol–water partition coefficient (Wildman–Crippen LogP) is 1.39. The fourth-order valence-corrected chi connectivity index (χ4v) is 1.98. The number of amides is 2. The molecule has 5 nitrogen and oxygen atoms in total. The fourth-order valence-electron chi connectivity index (χ4n) is 1.98. The van der Waals surface area contributed by atoms with Crippen LogP contribution in [0.5, 0.6) is 0 Å². The second kappa shape index (κ2) is 7.65. The van der Waals surface area contributed by atoms with E-state index >= 15 is 0 Å². The van der Waals surface area contributed by atoms with Crippen LogP contribution in [0.4, 0.5) is 0 Å². The molecule has 0 saturated heterocycles. The van der Waals surface area contributed by atoms with Crippen molar-refractivity contribution in [3.63, 3.8) is 0 Å². The molecule has 1 aromatic carbocycles. The summed E-state index contributed by atoms with van der Waals surface area (Å²) in [5.74, 6) is -0.914. The number of carbonyl (C=O) groups excluding carboxylic acids is 2. The van der Waals surface area contributed by atoms with E-state index in [1.54, 1.807) is 12.1 Å². The summed E-state index contributed by atoms with van der Waals surface area (Å²) in [7, 11) is 1.46. The molecular formula is C15H22N2O3. The summed E-state index contributed by atoms with van der Waals surface area (Å²) in [6.07, 6.45) is -0.00115. The van der Waals surface area contributed by atoms with Gasteiger partial charge in [-0.15, -0.1) is 0 Å². The number of rotatable bonds is 7. The number of primary amides is 1. The van der Waals surface area contributed by atoms with E-state index in [0.717, 1.165) is 12.0 Å². The molecule has 1 aromatic rings. The SMILES string of the molecule is CC[C@H](C)[C@H](NC(=O)[C@@H](OC)c1ccccc1)C(N)=O. The Labute approximate surface area is 119 Å². The zero-order chi connectivity index (χ0) is 15.1. The molecule has 2 amide bonds. The molecule has 0 saturated carbocycles. The Bertz CT molecular complexity index is 448. The molecule has 0 heterocycles. The van der Waals surface area contributed by atoms with E-state index in [1.165, 1.54) is 7.11 Å².